The van der Waals surface area contributed by atoms with Crippen LogP contribution >= 0.6 is 0 Å². The molecule has 0 aliphatic rings. The molecular weight excluding hydrogens is 238 g/mol. The van der Waals surface area contributed by atoms with Crippen LogP contribution < -0.4 is 5.32 Å². The maximum absolute atomic E-state index is 9.83. The number of nitrogens with one attached hydrogen (secondary N) is 1. The van der Waals surface area contributed by atoms with E-state index >= 15 is 0 Å². The summed E-state index contributed by atoms with van der Waals surface area (Å²) in [6.07, 6.45) is 0.570. The zero-order valence-corrected chi connectivity index (χ0v) is 12.6. The lowest BCUT2D eigenvalue weighted by atomic mass is 10.1. The molecule has 0 bridgehead atoms. The Hall–Kier alpha value is -0.900. The van der Waals surface area contributed by atoms with Gasteiger partial charge in [0.2, 0.25) is 0 Å². The number of rotatable bonds is 7. The highest BCUT2D eigenvalue weighted by Crippen LogP contribution is 2.09. The zero-order valence-electron chi connectivity index (χ0n) is 12.6. The number of hydrogen-bond donors (Lipinski definition) is 2. The van der Waals surface area contributed by atoms with Gasteiger partial charge in [-0.3, -0.25) is 0 Å². The SMILES string of the molecule is CCc1ccccc1CNCC(O)COC(C)(C)C. The van der Waals surface area contributed by atoms with Crippen molar-refractivity contribution in [2.45, 2.75) is 52.4 Å². The van der Waals surface area contributed by atoms with E-state index in [1.54, 1.807) is 0 Å². The van der Waals surface area contributed by atoms with Crippen molar-refractivity contribution in [3.8, 4) is 0 Å². The fraction of sp³-hybridized carbons (Fsp3) is 0.625. The van der Waals surface area contributed by atoms with E-state index in [4.69, 9.17) is 4.74 Å². The van der Waals surface area contributed by atoms with Crippen LogP contribution in [-0.2, 0) is 17.7 Å². The van der Waals surface area contributed by atoms with E-state index in [0.717, 1.165) is 13.0 Å². The summed E-state index contributed by atoms with van der Waals surface area (Å²) in [6, 6.07) is 8.39. The van der Waals surface area contributed by atoms with Crippen molar-refractivity contribution in [1.82, 2.24) is 5.32 Å². The molecule has 0 heterocycles. The molecule has 1 rings (SSSR count). The predicted octanol–water partition coefficient (Wildman–Crippen LogP) is 2.51. The highest BCUT2D eigenvalue weighted by atomic mass is 16.5. The third-order valence-corrected chi connectivity index (χ3v) is 2.90. The number of aryl methyl sites for hydroxylation is 1. The number of hydrogen-bond acceptors (Lipinski definition) is 3. The monoisotopic (exact) mass is 265 g/mol. The van der Waals surface area contributed by atoms with Gasteiger partial charge in [-0.1, -0.05) is 31.2 Å². The second kappa shape index (κ2) is 7.63. The molecule has 1 unspecified atom stereocenters. The molecule has 0 aliphatic heterocycles. The Labute approximate surface area is 117 Å². The van der Waals surface area contributed by atoms with Gasteiger partial charge in [-0.15, -0.1) is 0 Å². The summed E-state index contributed by atoms with van der Waals surface area (Å²) in [5.74, 6) is 0. The van der Waals surface area contributed by atoms with Crippen LogP contribution in [0.25, 0.3) is 0 Å². The van der Waals surface area contributed by atoms with E-state index in [1.165, 1.54) is 11.1 Å². The van der Waals surface area contributed by atoms with Crippen LogP contribution in [0.2, 0.25) is 0 Å². The summed E-state index contributed by atoms with van der Waals surface area (Å²) in [5.41, 5.74) is 2.46. The van der Waals surface area contributed by atoms with Crippen molar-refractivity contribution < 1.29 is 9.84 Å². The topological polar surface area (TPSA) is 41.5 Å². The third kappa shape index (κ3) is 6.71. The van der Waals surface area contributed by atoms with Crippen molar-refractivity contribution in [2.75, 3.05) is 13.2 Å². The van der Waals surface area contributed by atoms with E-state index in [2.05, 4.69) is 36.5 Å². The second-order valence-electron chi connectivity index (χ2n) is 5.83. The van der Waals surface area contributed by atoms with E-state index < -0.39 is 6.10 Å². The average molecular weight is 265 g/mol. The fourth-order valence-electron chi connectivity index (χ4n) is 1.85. The standard InChI is InChI=1S/C16H27NO2/c1-5-13-8-6-7-9-14(13)10-17-11-15(18)12-19-16(2,3)4/h6-9,15,17-18H,5,10-12H2,1-4H3. The molecule has 108 valence electrons. The Balaban J connectivity index is 2.30. The first kappa shape index (κ1) is 16.2. The lowest BCUT2D eigenvalue weighted by Crippen LogP contribution is -2.33. The van der Waals surface area contributed by atoms with Gasteiger partial charge in [0.1, 0.15) is 0 Å². The van der Waals surface area contributed by atoms with Crippen LogP contribution in [0.4, 0.5) is 0 Å². The van der Waals surface area contributed by atoms with Gasteiger partial charge in [0.25, 0.3) is 0 Å². The first-order valence-electron chi connectivity index (χ1n) is 7.02. The fourth-order valence-corrected chi connectivity index (χ4v) is 1.85. The van der Waals surface area contributed by atoms with Crippen LogP contribution in [0.15, 0.2) is 24.3 Å². The van der Waals surface area contributed by atoms with Crippen molar-refractivity contribution in [1.29, 1.82) is 0 Å². The number of ether oxygens (including phenoxy) is 1. The van der Waals surface area contributed by atoms with E-state index in [1.807, 2.05) is 20.8 Å². The van der Waals surface area contributed by atoms with Crippen LogP contribution in [0.5, 0.6) is 0 Å². The lowest BCUT2D eigenvalue weighted by molar-refractivity contribution is -0.0479. The highest BCUT2D eigenvalue weighted by molar-refractivity contribution is 5.26. The average Bonchev–Trinajstić information content (AvgIpc) is 2.36. The molecule has 3 heteroatoms. The summed E-state index contributed by atoms with van der Waals surface area (Å²) >= 11 is 0. The first-order valence-corrected chi connectivity index (χ1v) is 7.02. The van der Waals surface area contributed by atoms with Gasteiger partial charge in [0.15, 0.2) is 0 Å². The van der Waals surface area contributed by atoms with Crippen LogP contribution in [0, 0.1) is 0 Å². The van der Waals surface area contributed by atoms with Crippen LogP contribution in [0.1, 0.15) is 38.8 Å². The second-order valence-corrected chi connectivity index (χ2v) is 5.83. The molecule has 0 aromatic heterocycles. The first-order chi connectivity index (χ1) is 8.92. The minimum Gasteiger partial charge on any atom is -0.389 e. The molecule has 1 aromatic rings. The summed E-state index contributed by atoms with van der Waals surface area (Å²) in [6.45, 7) is 9.83. The van der Waals surface area contributed by atoms with Crippen LogP contribution in [0.3, 0.4) is 0 Å². The summed E-state index contributed by atoms with van der Waals surface area (Å²) in [4.78, 5) is 0. The molecule has 0 fully saturated rings. The number of aliphatic hydroxyl groups excluding tert-OH is 1. The van der Waals surface area contributed by atoms with Crippen molar-refractivity contribution >= 4 is 0 Å². The summed E-state index contributed by atoms with van der Waals surface area (Å²) in [7, 11) is 0. The summed E-state index contributed by atoms with van der Waals surface area (Å²) < 4.78 is 5.55. The van der Waals surface area contributed by atoms with Crippen LogP contribution in [-0.4, -0.2) is 30.0 Å². The molecule has 0 radical (unpaired) electrons. The smallest absolute Gasteiger partial charge is 0.0898 e. The number of aliphatic hydroxyl groups is 1. The Kier molecular flexibility index (Phi) is 6.49. The molecule has 3 nitrogen and oxygen atoms in total. The van der Waals surface area contributed by atoms with Gasteiger partial charge in [-0.05, 0) is 38.3 Å². The molecular formula is C16H27NO2. The van der Waals surface area contributed by atoms with Crippen molar-refractivity contribution in [2.24, 2.45) is 0 Å². The van der Waals surface area contributed by atoms with E-state index in [0.29, 0.717) is 13.2 Å². The molecule has 2 N–H and O–H groups in total. The largest absolute Gasteiger partial charge is 0.389 e. The van der Waals surface area contributed by atoms with Gasteiger partial charge in [-0.25, -0.2) is 0 Å². The Bertz CT molecular complexity index is 371. The maximum Gasteiger partial charge on any atom is 0.0898 e. The molecule has 0 saturated carbocycles. The quantitative estimate of drug-likeness (QED) is 0.796. The molecule has 1 aromatic carbocycles. The highest BCUT2D eigenvalue weighted by Gasteiger charge is 2.13. The maximum atomic E-state index is 9.83. The summed E-state index contributed by atoms with van der Waals surface area (Å²) in [5, 5.41) is 13.1. The Morgan fingerprint density at radius 3 is 2.42 bits per heavy atom. The van der Waals surface area contributed by atoms with E-state index in [-0.39, 0.29) is 5.60 Å². The molecule has 0 spiro atoms. The van der Waals surface area contributed by atoms with Crippen molar-refractivity contribution in [3.05, 3.63) is 35.4 Å². The van der Waals surface area contributed by atoms with Crippen molar-refractivity contribution in [3.63, 3.8) is 0 Å². The minimum absolute atomic E-state index is 0.199. The predicted molar refractivity (Wildman–Crippen MR) is 79.2 cm³/mol. The van der Waals surface area contributed by atoms with Gasteiger partial charge in [-0.2, -0.15) is 0 Å². The third-order valence-electron chi connectivity index (χ3n) is 2.90. The number of benzene rings is 1. The van der Waals surface area contributed by atoms with Gasteiger partial charge in [0, 0.05) is 13.1 Å². The molecule has 1 atom stereocenters. The van der Waals surface area contributed by atoms with Gasteiger partial charge >= 0.3 is 0 Å². The zero-order chi connectivity index (χ0) is 14.3. The molecule has 19 heavy (non-hydrogen) atoms. The van der Waals surface area contributed by atoms with E-state index in [9.17, 15) is 5.11 Å². The van der Waals surface area contributed by atoms with Gasteiger partial charge < -0.3 is 15.2 Å². The normalized spacial score (nSPS) is 13.5. The minimum atomic E-state index is -0.465. The molecule has 0 aliphatic carbocycles. The lowest BCUT2D eigenvalue weighted by Gasteiger charge is -2.22. The van der Waals surface area contributed by atoms with Gasteiger partial charge in [0.05, 0.1) is 18.3 Å². The Morgan fingerprint density at radius 2 is 1.84 bits per heavy atom. The Morgan fingerprint density at radius 1 is 1.21 bits per heavy atom. The molecule has 0 amide bonds. The molecule has 0 saturated heterocycles.